The molecule has 14 heteroatoms. The quantitative estimate of drug-likeness (QED) is 0.592. The number of rotatable bonds is 6. The summed E-state index contributed by atoms with van der Waals surface area (Å²) in [5.74, 6) is -2.42. The number of ether oxygens (including phenoxy) is 3. The highest BCUT2D eigenvalue weighted by Gasteiger charge is 2.36. The number of hydrogen-bond acceptors (Lipinski definition) is 9. The molecule has 0 spiro atoms. The first-order valence-corrected chi connectivity index (χ1v) is 10.8. The molecule has 1 fully saturated rings. The zero-order valence-corrected chi connectivity index (χ0v) is 17.1. The molecule has 1 saturated heterocycles. The number of nitrogens with zero attached hydrogens (tertiary/aromatic N) is 3. The van der Waals surface area contributed by atoms with Crippen LogP contribution < -0.4 is 4.74 Å². The lowest BCUT2D eigenvalue weighted by Crippen LogP contribution is -2.47. The molecule has 30 heavy (non-hydrogen) atoms. The maximum atomic E-state index is 12.9. The molecular formula is C16H16F3N3O6S2. The number of methoxy groups -OCH3 is 1. The van der Waals surface area contributed by atoms with Gasteiger partial charge in [0.2, 0.25) is 21.7 Å². The minimum absolute atomic E-state index is 0.0427. The summed E-state index contributed by atoms with van der Waals surface area (Å²) in [6.45, 7) is -0.257. The van der Waals surface area contributed by atoms with Crippen LogP contribution in [0.5, 0.6) is 5.88 Å². The predicted molar refractivity (Wildman–Crippen MR) is 96.7 cm³/mol. The lowest BCUT2D eigenvalue weighted by atomic mass is 10.3. The van der Waals surface area contributed by atoms with E-state index in [4.69, 9.17) is 9.47 Å². The number of carbonyl (C=O) groups excluding carboxylic acids is 1. The van der Waals surface area contributed by atoms with Gasteiger partial charge in [0.15, 0.2) is 0 Å². The molecule has 1 aliphatic rings. The largest absolute Gasteiger partial charge is 0.475 e. The van der Waals surface area contributed by atoms with Crippen molar-refractivity contribution in [1.82, 2.24) is 14.3 Å². The number of aromatic nitrogens is 2. The molecule has 2 aromatic rings. The van der Waals surface area contributed by atoms with Crippen LogP contribution in [0.4, 0.5) is 13.2 Å². The first-order chi connectivity index (χ1) is 14.1. The Morgan fingerprint density at radius 3 is 2.87 bits per heavy atom. The topological polar surface area (TPSA) is 108 Å². The van der Waals surface area contributed by atoms with E-state index in [1.807, 2.05) is 0 Å². The summed E-state index contributed by atoms with van der Waals surface area (Å²) < 4.78 is 80.4. The molecule has 0 aliphatic carbocycles. The van der Waals surface area contributed by atoms with Gasteiger partial charge in [-0.25, -0.2) is 18.2 Å². The summed E-state index contributed by atoms with van der Waals surface area (Å²) in [6.07, 6.45) is -4.56. The third-order valence-electron chi connectivity index (χ3n) is 4.02. The molecular weight excluding hydrogens is 451 g/mol. The molecule has 1 unspecified atom stereocenters. The zero-order chi connectivity index (χ0) is 21.9. The second-order valence-electron chi connectivity index (χ2n) is 5.99. The second kappa shape index (κ2) is 8.83. The Hall–Kier alpha value is -2.29. The number of hydrogen-bond donors (Lipinski definition) is 0. The van der Waals surface area contributed by atoms with Crippen LogP contribution in [0.3, 0.4) is 0 Å². The molecule has 2 aromatic heterocycles. The molecule has 3 heterocycles. The molecule has 0 saturated carbocycles. The zero-order valence-electron chi connectivity index (χ0n) is 15.5. The Bertz CT molecular complexity index is 1010. The summed E-state index contributed by atoms with van der Waals surface area (Å²) in [7, 11) is -2.86. The fourth-order valence-corrected chi connectivity index (χ4v) is 5.39. The van der Waals surface area contributed by atoms with Crippen molar-refractivity contribution in [2.24, 2.45) is 0 Å². The van der Waals surface area contributed by atoms with Gasteiger partial charge in [0, 0.05) is 25.4 Å². The van der Waals surface area contributed by atoms with Gasteiger partial charge < -0.3 is 14.2 Å². The van der Waals surface area contributed by atoms with E-state index in [-0.39, 0.29) is 42.0 Å². The molecule has 3 rings (SSSR count). The molecule has 164 valence electrons. The van der Waals surface area contributed by atoms with Gasteiger partial charge in [-0.2, -0.15) is 22.5 Å². The molecule has 0 aromatic carbocycles. The standard InChI is InChI=1S/C16H16F3N3O6S2/c1-26-14(23)13-11(3-7-29-13)30(24,25)22-5-6-27-10(8-22)9-28-12-2-4-20-15(21-12)16(17,18)19/h2-4,7,10H,5-6,8-9H2,1H3. The molecule has 1 atom stereocenters. The molecule has 9 nitrogen and oxygen atoms in total. The normalized spacial score (nSPS) is 18.2. The minimum Gasteiger partial charge on any atom is -0.475 e. The Kier molecular flexibility index (Phi) is 6.59. The summed E-state index contributed by atoms with van der Waals surface area (Å²) in [4.78, 5) is 18.0. The summed E-state index contributed by atoms with van der Waals surface area (Å²) in [5.41, 5.74) is 0. The smallest absolute Gasteiger partial charge is 0.451 e. The Labute approximate surface area is 173 Å². The Morgan fingerprint density at radius 1 is 1.40 bits per heavy atom. The van der Waals surface area contributed by atoms with Gasteiger partial charge in [0.05, 0.1) is 13.7 Å². The number of morpholine rings is 1. The summed E-state index contributed by atoms with van der Waals surface area (Å²) >= 11 is 0.942. The van der Waals surface area contributed by atoms with Crippen LogP contribution in [-0.2, 0) is 25.7 Å². The van der Waals surface area contributed by atoms with Crippen LogP contribution >= 0.6 is 11.3 Å². The van der Waals surface area contributed by atoms with Gasteiger partial charge >= 0.3 is 12.1 Å². The van der Waals surface area contributed by atoms with E-state index in [0.29, 0.717) is 0 Å². The fraction of sp³-hybridized carbons (Fsp3) is 0.438. The lowest BCUT2D eigenvalue weighted by Gasteiger charge is -2.31. The number of carbonyl (C=O) groups is 1. The third-order valence-corrected chi connectivity index (χ3v) is 6.95. The van der Waals surface area contributed by atoms with Crippen molar-refractivity contribution < 1.29 is 40.6 Å². The molecule has 0 radical (unpaired) electrons. The minimum atomic E-state index is -4.72. The van der Waals surface area contributed by atoms with Crippen molar-refractivity contribution >= 4 is 27.3 Å². The first kappa shape index (κ1) is 22.4. The predicted octanol–water partition coefficient (Wildman–Crippen LogP) is 1.81. The van der Waals surface area contributed by atoms with Gasteiger partial charge in [-0.3, -0.25) is 0 Å². The van der Waals surface area contributed by atoms with Crippen LogP contribution in [0.1, 0.15) is 15.5 Å². The van der Waals surface area contributed by atoms with Crippen molar-refractivity contribution in [1.29, 1.82) is 0 Å². The van der Waals surface area contributed by atoms with E-state index in [9.17, 15) is 26.4 Å². The average molecular weight is 467 g/mol. The number of esters is 1. The van der Waals surface area contributed by atoms with Crippen molar-refractivity contribution in [2.75, 3.05) is 33.4 Å². The highest BCUT2D eigenvalue weighted by molar-refractivity contribution is 7.89. The van der Waals surface area contributed by atoms with Crippen molar-refractivity contribution in [3.8, 4) is 5.88 Å². The van der Waals surface area contributed by atoms with E-state index in [1.165, 1.54) is 11.4 Å². The van der Waals surface area contributed by atoms with E-state index in [2.05, 4.69) is 14.7 Å². The fourth-order valence-electron chi connectivity index (χ4n) is 2.63. The van der Waals surface area contributed by atoms with E-state index in [0.717, 1.165) is 35.0 Å². The number of thiophene rings is 1. The van der Waals surface area contributed by atoms with E-state index in [1.54, 1.807) is 0 Å². The third kappa shape index (κ3) is 4.88. The Morgan fingerprint density at radius 2 is 2.17 bits per heavy atom. The molecule has 0 amide bonds. The van der Waals surface area contributed by atoms with Crippen molar-refractivity contribution in [3.63, 3.8) is 0 Å². The van der Waals surface area contributed by atoms with Gasteiger partial charge in [-0.1, -0.05) is 0 Å². The van der Waals surface area contributed by atoms with Crippen LogP contribution in [0.15, 0.2) is 28.6 Å². The van der Waals surface area contributed by atoms with Crippen LogP contribution in [-0.4, -0.2) is 68.2 Å². The highest BCUT2D eigenvalue weighted by atomic mass is 32.2. The monoisotopic (exact) mass is 467 g/mol. The van der Waals surface area contributed by atoms with Gasteiger partial charge in [-0.15, -0.1) is 11.3 Å². The van der Waals surface area contributed by atoms with Gasteiger partial charge in [0.25, 0.3) is 0 Å². The second-order valence-corrected chi connectivity index (χ2v) is 8.81. The van der Waals surface area contributed by atoms with Crippen LogP contribution in [0, 0.1) is 0 Å². The van der Waals surface area contributed by atoms with Gasteiger partial charge in [0.1, 0.15) is 22.5 Å². The maximum Gasteiger partial charge on any atom is 0.451 e. The van der Waals surface area contributed by atoms with Crippen LogP contribution in [0.25, 0.3) is 0 Å². The number of alkyl halides is 3. The van der Waals surface area contributed by atoms with E-state index < -0.39 is 34.1 Å². The summed E-state index contributed by atoms with van der Waals surface area (Å²) in [6, 6.07) is 2.47. The van der Waals surface area contributed by atoms with Crippen molar-refractivity contribution in [3.05, 3.63) is 34.4 Å². The number of sulfonamides is 1. The number of halogens is 3. The molecule has 0 bridgehead atoms. The molecule has 0 N–H and O–H groups in total. The Balaban J connectivity index is 1.69. The SMILES string of the molecule is COC(=O)c1sccc1S(=O)(=O)N1CCOC(COc2ccnc(C(F)(F)F)n2)C1. The van der Waals surface area contributed by atoms with E-state index >= 15 is 0 Å². The summed E-state index contributed by atoms with van der Waals surface area (Å²) in [5, 5.41) is 1.47. The molecule has 1 aliphatic heterocycles. The highest BCUT2D eigenvalue weighted by Crippen LogP contribution is 2.28. The van der Waals surface area contributed by atoms with Crippen LogP contribution in [0.2, 0.25) is 0 Å². The maximum absolute atomic E-state index is 12.9. The average Bonchev–Trinajstić information content (AvgIpc) is 3.22. The first-order valence-electron chi connectivity index (χ1n) is 8.43. The van der Waals surface area contributed by atoms with Gasteiger partial charge in [-0.05, 0) is 11.4 Å². The van der Waals surface area contributed by atoms with Crippen molar-refractivity contribution in [2.45, 2.75) is 17.2 Å². The lowest BCUT2D eigenvalue weighted by molar-refractivity contribution is -0.145.